The minimum atomic E-state index is -3.16. The number of nitrogens with one attached hydrogen (secondary N) is 2. The maximum Gasteiger partial charge on any atom is 0.325 e. The van der Waals surface area contributed by atoms with E-state index in [1.165, 1.54) is 11.0 Å². The number of carbonyl (C=O) groups is 3. The maximum absolute atomic E-state index is 13.0. The summed E-state index contributed by atoms with van der Waals surface area (Å²) in [5.41, 5.74) is -0.281. The Kier molecular flexibility index (Phi) is 4.76. The van der Waals surface area contributed by atoms with Crippen molar-refractivity contribution in [3.63, 3.8) is 0 Å². The number of aromatic nitrogens is 4. The van der Waals surface area contributed by atoms with Crippen molar-refractivity contribution < 1.29 is 22.8 Å². The van der Waals surface area contributed by atoms with E-state index >= 15 is 0 Å². The SMILES string of the molecule is C[C@@]1(c2cccc(-n3cnnn3)c2)NC(=O)N(CC(=O)N[C@@H]2CCS(=O)(=O)C2)C1=O. The van der Waals surface area contributed by atoms with Crippen molar-refractivity contribution in [1.82, 2.24) is 35.7 Å². The Morgan fingerprint density at radius 3 is 2.83 bits per heavy atom. The van der Waals surface area contributed by atoms with Gasteiger partial charge in [0.1, 0.15) is 18.4 Å². The quantitative estimate of drug-likeness (QED) is 0.553. The molecule has 158 valence electrons. The molecule has 2 saturated heterocycles. The highest BCUT2D eigenvalue weighted by molar-refractivity contribution is 7.91. The van der Waals surface area contributed by atoms with Gasteiger partial charge in [-0.25, -0.2) is 17.9 Å². The predicted octanol–water partition coefficient (Wildman–Crippen LogP) is -1.27. The summed E-state index contributed by atoms with van der Waals surface area (Å²) in [5, 5.41) is 16.2. The first-order valence-electron chi connectivity index (χ1n) is 9.16. The smallest absolute Gasteiger partial charge is 0.325 e. The molecule has 2 fully saturated rings. The van der Waals surface area contributed by atoms with Gasteiger partial charge in [-0.3, -0.25) is 14.5 Å². The molecule has 2 aromatic rings. The monoisotopic (exact) mass is 433 g/mol. The van der Waals surface area contributed by atoms with Crippen LogP contribution in [-0.2, 0) is 25.0 Å². The van der Waals surface area contributed by atoms with Crippen molar-refractivity contribution in [2.75, 3.05) is 18.1 Å². The summed E-state index contributed by atoms with van der Waals surface area (Å²) in [6.45, 7) is 1.05. The Labute approximate surface area is 171 Å². The lowest BCUT2D eigenvalue weighted by Gasteiger charge is -2.23. The van der Waals surface area contributed by atoms with E-state index in [-0.39, 0.29) is 11.5 Å². The molecule has 3 heterocycles. The average Bonchev–Trinajstić information content (AvgIpc) is 3.39. The number of hydrogen-bond acceptors (Lipinski definition) is 8. The van der Waals surface area contributed by atoms with Crippen LogP contribution in [0.5, 0.6) is 0 Å². The molecule has 0 radical (unpaired) electrons. The highest BCUT2D eigenvalue weighted by atomic mass is 32.2. The van der Waals surface area contributed by atoms with Gasteiger partial charge in [-0.1, -0.05) is 12.1 Å². The molecule has 2 aliphatic rings. The second-order valence-corrected chi connectivity index (χ2v) is 9.65. The largest absolute Gasteiger partial charge is 0.351 e. The fourth-order valence-electron chi connectivity index (χ4n) is 3.60. The van der Waals surface area contributed by atoms with Crippen molar-refractivity contribution in [3.05, 3.63) is 36.2 Å². The summed E-state index contributed by atoms with van der Waals surface area (Å²) in [6.07, 6.45) is 1.71. The van der Waals surface area contributed by atoms with Crippen molar-refractivity contribution >= 4 is 27.7 Å². The molecule has 0 spiro atoms. The molecule has 4 amide bonds. The van der Waals surface area contributed by atoms with Crippen LogP contribution in [-0.4, -0.2) is 75.5 Å². The van der Waals surface area contributed by atoms with Gasteiger partial charge in [-0.15, -0.1) is 5.10 Å². The molecule has 13 heteroatoms. The number of nitrogens with zero attached hydrogens (tertiary/aromatic N) is 5. The molecular formula is C17H19N7O5S. The van der Waals surface area contributed by atoms with Crippen LogP contribution < -0.4 is 10.6 Å². The van der Waals surface area contributed by atoms with Gasteiger partial charge in [-0.05, 0) is 41.5 Å². The number of benzene rings is 1. The zero-order chi connectivity index (χ0) is 21.5. The number of tetrazole rings is 1. The normalized spacial score (nSPS) is 25.4. The topological polar surface area (TPSA) is 156 Å². The number of rotatable bonds is 5. The molecule has 2 aliphatic heterocycles. The number of imide groups is 1. The van der Waals surface area contributed by atoms with Crippen LogP contribution in [0.25, 0.3) is 5.69 Å². The van der Waals surface area contributed by atoms with E-state index in [4.69, 9.17) is 0 Å². The number of amides is 4. The fourth-order valence-corrected chi connectivity index (χ4v) is 5.27. The Morgan fingerprint density at radius 1 is 1.37 bits per heavy atom. The van der Waals surface area contributed by atoms with E-state index in [0.29, 0.717) is 17.7 Å². The third kappa shape index (κ3) is 3.63. The van der Waals surface area contributed by atoms with Crippen LogP contribution in [0.2, 0.25) is 0 Å². The van der Waals surface area contributed by atoms with Crippen LogP contribution in [0.4, 0.5) is 4.79 Å². The fraction of sp³-hybridized carbons (Fsp3) is 0.412. The summed E-state index contributed by atoms with van der Waals surface area (Å²) in [4.78, 5) is 38.6. The van der Waals surface area contributed by atoms with Crippen LogP contribution in [0.3, 0.4) is 0 Å². The van der Waals surface area contributed by atoms with E-state index in [0.717, 1.165) is 4.90 Å². The van der Waals surface area contributed by atoms with Gasteiger partial charge in [0, 0.05) is 6.04 Å². The highest BCUT2D eigenvalue weighted by Crippen LogP contribution is 2.29. The maximum atomic E-state index is 13.0. The minimum Gasteiger partial charge on any atom is -0.351 e. The first-order valence-corrected chi connectivity index (χ1v) is 11.0. The van der Waals surface area contributed by atoms with E-state index < -0.39 is 45.8 Å². The van der Waals surface area contributed by atoms with Gasteiger partial charge in [0.25, 0.3) is 5.91 Å². The standard InChI is InChI=1S/C17H19N7O5S/c1-17(11-3-2-4-13(7-11)24-10-18-21-22-24)15(26)23(16(27)20-17)8-14(25)19-12-5-6-30(28,29)9-12/h2-4,7,10,12H,5-6,8-9H2,1H3,(H,19,25)(H,20,27)/t12-,17+/m1/s1. The third-order valence-electron chi connectivity index (χ3n) is 5.21. The Morgan fingerprint density at radius 2 is 2.17 bits per heavy atom. The summed E-state index contributed by atoms with van der Waals surface area (Å²) in [7, 11) is -3.16. The molecule has 4 rings (SSSR count). The number of carbonyl (C=O) groups excluding carboxylic acids is 3. The lowest BCUT2D eigenvalue weighted by atomic mass is 9.91. The van der Waals surface area contributed by atoms with E-state index in [2.05, 4.69) is 26.2 Å². The average molecular weight is 433 g/mol. The Hall–Kier alpha value is -3.35. The minimum absolute atomic E-state index is 0.0107. The van der Waals surface area contributed by atoms with Gasteiger partial charge in [-0.2, -0.15) is 0 Å². The van der Waals surface area contributed by atoms with Crippen molar-refractivity contribution in [1.29, 1.82) is 0 Å². The van der Waals surface area contributed by atoms with Crippen LogP contribution in [0.1, 0.15) is 18.9 Å². The predicted molar refractivity (Wildman–Crippen MR) is 102 cm³/mol. The van der Waals surface area contributed by atoms with E-state index in [1.807, 2.05) is 0 Å². The summed E-state index contributed by atoms with van der Waals surface area (Å²) < 4.78 is 24.5. The Balaban J connectivity index is 1.49. The summed E-state index contributed by atoms with van der Waals surface area (Å²) in [5.74, 6) is -1.31. The molecule has 0 aliphatic carbocycles. The number of sulfone groups is 1. The number of hydrogen-bond donors (Lipinski definition) is 2. The molecule has 12 nitrogen and oxygen atoms in total. The first-order chi connectivity index (χ1) is 14.2. The van der Waals surface area contributed by atoms with Crippen LogP contribution in [0.15, 0.2) is 30.6 Å². The van der Waals surface area contributed by atoms with E-state index in [9.17, 15) is 22.8 Å². The van der Waals surface area contributed by atoms with Crippen molar-refractivity contribution in [2.24, 2.45) is 0 Å². The van der Waals surface area contributed by atoms with Crippen molar-refractivity contribution in [2.45, 2.75) is 24.9 Å². The first kappa shape index (κ1) is 19.9. The number of urea groups is 1. The second-order valence-electron chi connectivity index (χ2n) is 7.42. The van der Waals surface area contributed by atoms with Gasteiger partial charge in [0.2, 0.25) is 5.91 Å². The molecule has 1 aromatic heterocycles. The molecule has 0 bridgehead atoms. The molecule has 1 aromatic carbocycles. The van der Waals surface area contributed by atoms with E-state index in [1.54, 1.807) is 31.2 Å². The molecule has 0 saturated carbocycles. The third-order valence-corrected chi connectivity index (χ3v) is 6.98. The van der Waals surface area contributed by atoms with Crippen LogP contribution in [0, 0.1) is 0 Å². The van der Waals surface area contributed by atoms with Gasteiger partial charge in [0.05, 0.1) is 17.2 Å². The Bertz CT molecular complexity index is 1120. The zero-order valence-electron chi connectivity index (χ0n) is 16.0. The zero-order valence-corrected chi connectivity index (χ0v) is 16.8. The molecule has 2 N–H and O–H groups in total. The van der Waals surface area contributed by atoms with Crippen LogP contribution >= 0.6 is 0 Å². The summed E-state index contributed by atoms with van der Waals surface area (Å²) >= 11 is 0. The molecular weight excluding hydrogens is 414 g/mol. The lowest BCUT2D eigenvalue weighted by molar-refractivity contribution is -0.135. The van der Waals surface area contributed by atoms with Gasteiger partial charge < -0.3 is 10.6 Å². The van der Waals surface area contributed by atoms with Gasteiger partial charge >= 0.3 is 6.03 Å². The molecule has 0 unspecified atom stereocenters. The van der Waals surface area contributed by atoms with Crippen molar-refractivity contribution in [3.8, 4) is 5.69 Å². The lowest BCUT2D eigenvalue weighted by Crippen LogP contribution is -2.45. The molecule has 30 heavy (non-hydrogen) atoms. The van der Waals surface area contributed by atoms with Gasteiger partial charge in [0.15, 0.2) is 9.84 Å². The highest BCUT2D eigenvalue weighted by Gasteiger charge is 2.49. The second kappa shape index (κ2) is 7.16. The summed E-state index contributed by atoms with van der Waals surface area (Å²) in [6, 6.07) is 5.57. The molecule has 2 atom stereocenters.